The van der Waals surface area contributed by atoms with E-state index >= 15 is 0 Å². The molecule has 0 spiro atoms. The second-order valence-corrected chi connectivity index (χ2v) is 3.67. The summed E-state index contributed by atoms with van der Waals surface area (Å²) in [7, 11) is 0. The Bertz CT molecular complexity index is 174. The first-order chi connectivity index (χ1) is 5.36. The molecule has 1 heterocycles. The minimum atomic E-state index is 0.609. The molecule has 62 valence electrons. The first-order valence-corrected chi connectivity index (χ1v) is 4.67. The zero-order valence-electron chi connectivity index (χ0n) is 7.14. The van der Waals surface area contributed by atoms with Gasteiger partial charge in [-0.15, -0.1) is 0 Å². The molecular formula is C9H16N2. The molecule has 0 aromatic rings. The fourth-order valence-electron chi connectivity index (χ4n) is 2.17. The number of rotatable bonds is 0. The predicted octanol–water partition coefficient (Wildman–Crippen LogP) is 1.71. The summed E-state index contributed by atoms with van der Waals surface area (Å²) < 4.78 is 0. The monoisotopic (exact) mass is 152 g/mol. The molecule has 2 aliphatic rings. The van der Waals surface area contributed by atoms with E-state index in [-0.39, 0.29) is 0 Å². The third-order valence-corrected chi connectivity index (χ3v) is 2.73. The Kier molecular flexibility index (Phi) is 1.84. The highest BCUT2D eigenvalue weighted by Gasteiger charge is 2.27. The molecule has 1 N–H and O–H groups in total. The van der Waals surface area contributed by atoms with Gasteiger partial charge >= 0.3 is 0 Å². The Balaban J connectivity index is 2.04. The van der Waals surface area contributed by atoms with Crippen LogP contribution in [0.25, 0.3) is 0 Å². The highest BCUT2D eigenvalue weighted by Crippen LogP contribution is 2.23. The van der Waals surface area contributed by atoms with Crippen molar-refractivity contribution in [3.05, 3.63) is 0 Å². The van der Waals surface area contributed by atoms with Crippen molar-refractivity contribution in [3.8, 4) is 0 Å². The first-order valence-electron chi connectivity index (χ1n) is 4.67. The molecule has 2 unspecified atom stereocenters. The average molecular weight is 152 g/mol. The number of amidine groups is 1. The zero-order valence-corrected chi connectivity index (χ0v) is 7.14. The lowest BCUT2D eigenvalue weighted by Gasteiger charge is -2.13. The highest BCUT2D eigenvalue weighted by molar-refractivity contribution is 5.81. The summed E-state index contributed by atoms with van der Waals surface area (Å²) in [5, 5.41) is 3.45. The number of nitrogens with one attached hydrogen (secondary N) is 1. The molecule has 2 atom stereocenters. The lowest BCUT2D eigenvalue weighted by atomic mass is 10.1. The van der Waals surface area contributed by atoms with Gasteiger partial charge in [-0.25, -0.2) is 0 Å². The Labute approximate surface area is 68.1 Å². The Morgan fingerprint density at radius 1 is 1.27 bits per heavy atom. The summed E-state index contributed by atoms with van der Waals surface area (Å²) in [5.41, 5.74) is 0. The maximum absolute atomic E-state index is 4.58. The van der Waals surface area contributed by atoms with Gasteiger partial charge in [-0.05, 0) is 19.8 Å². The largest absolute Gasteiger partial charge is 0.369 e. The number of nitrogens with zero attached hydrogens (tertiary/aromatic N) is 1. The molecule has 0 radical (unpaired) electrons. The van der Waals surface area contributed by atoms with Crippen LogP contribution in [0.4, 0.5) is 0 Å². The molecule has 0 amide bonds. The molecule has 1 saturated carbocycles. The van der Waals surface area contributed by atoms with E-state index in [1.165, 1.54) is 32.1 Å². The van der Waals surface area contributed by atoms with Crippen LogP contribution < -0.4 is 5.32 Å². The van der Waals surface area contributed by atoms with Gasteiger partial charge < -0.3 is 5.32 Å². The molecule has 1 aliphatic heterocycles. The van der Waals surface area contributed by atoms with Crippen LogP contribution in [0.2, 0.25) is 0 Å². The Morgan fingerprint density at radius 3 is 3.00 bits per heavy atom. The van der Waals surface area contributed by atoms with Crippen molar-refractivity contribution in [3.63, 3.8) is 0 Å². The molecule has 11 heavy (non-hydrogen) atoms. The van der Waals surface area contributed by atoms with E-state index in [1.54, 1.807) is 0 Å². The lowest BCUT2D eigenvalue weighted by molar-refractivity contribution is 0.499. The summed E-state index contributed by atoms with van der Waals surface area (Å²) >= 11 is 0. The van der Waals surface area contributed by atoms with Gasteiger partial charge in [0.05, 0.1) is 11.9 Å². The van der Waals surface area contributed by atoms with Crippen LogP contribution in [0, 0.1) is 0 Å². The maximum Gasteiger partial charge on any atom is 0.0938 e. The van der Waals surface area contributed by atoms with E-state index in [0.717, 1.165) is 5.84 Å². The van der Waals surface area contributed by atoms with Crippen molar-refractivity contribution in [2.45, 2.75) is 51.1 Å². The van der Waals surface area contributed by atoms with Gasteiger partial charge in [-0.2, -0.15) is 0 Å². The van der Waals surface area contributed by atoms with Gasteiger partial charge in [0, 0.05) is 6.04 Å². The van der Waals surface area contributed by atoms with E-state index in [0.29, 0.717) is 12.1 Å². The van der Waals surface area contributed by atoms with Crippen LogP contribution in [0.15, 0.2) is 4.99 Å². The first kappa shape index (κ1) is 7.14. The normalized spacial score (nSPS) is 37.0. The Morgan fingerprint density at radius 2 is 2.09 bits per heavy atom. The van der Waals surface area contributed by atoms with Crippen LogP contribution in [-0.4, -0.2) is 17.9 Å². The van der Waals surface area contributed by atoms with E-state index in [4.69, 9.17) is 0 Å². The van der Waals surface area contributed by atoms with Crippen molar-refractivity contribution in [1.29, 1.82) is 0 Å². The number of fused-ring (bicyclic) bond motifs is 1. The van der Waals surface area contributed by atoms with Gasteiger partial charge in [0.15, 0.2) is 0 Å². The minimum absolute atomic E-state index is 0.609. The molecule has 2 nitrogen and oxygen atoms in total. The van der Waals surface area contributed by atoms with Crippen molar-refractivity contribution < 1.29 is 0 Å². The topological polar surface area (TPSA) is 24.4 Å². The third-order valence-electron chi connectivity index (χ3n) is 2.73. The van der Waals surface area contributed by atoms with Gasteiger partial charge in [0.2, 0.25) is 0 Å². The summed E-state index contributed by atoms with van der Waals surface area (Å²) in [6.45, 7) is 2.08. The van der Waals surface area contributed by atoms with Crippen LogP contribution >= 0.6 is 0 Å². The zero-order chi connectivity index (χ0) is 7.68. The molecule has 0 aromatic heterocycles. The second kappa shape index (κ2) is 2.84. The van der Waals surface area contributed by atoms with Gasteiger partial charge in [-0.3, -0.25) is 4.99 Å². The van der Waals surface area contributed by atoms with Crippen LogP contribution in [0.3, 0.4) is 0 Å². The highest BCUT2D eigenvalue weighted by atomic mass is 15.1. The van der Waals surface area contributed by atoms with E-state index in [2.05, 4.69) is 17.2 Å². The standard InChI is InChI=1S/C9H16N2/c1-7-10-8-5-3-2-4-6-9(8)11-7/h8-9H,2-6H2,1H3,(H,10,11). The summed E-state index contributed by atoms with van der Waals surface area (Å²) in [6, 6.07) is 1.29. The second-order valence-electron chi connectivity index (χ2n) is 3.67. The van der Waals surface area contributed by atoms with E-state index in [9.17, 15) is 0 Å². The molecule has 1 aliphatic carbocycles. The van der Waals surface area contributed by atoms with E-state index < -0.39 is 0 Å². The van der Waals surface area contributed by atoms with Crippen molar-refractivity contribution in [1.82, 2.24) is 5.32 Å². The minimum Gasteiger partial charge on any atom is -0.369 e. The smallest absolute Gasteiger partial charge is 0.0938 e. The van der Waals surface area contributed by atoms with Crippen LogP contribution in [-0.2, 0) is 0 Å². The molecule has 1 fully saturated rings. The van der Waals surface area contributed by atoms with E-state index in [1.807, 2.05) is 0 Å². The number of hydrogen-bond acceptors (Lipinski definition) is 2. The summed E-state index contributed by atoms with van der Waals surface area (Å²) in [4.78, 5) is 4.58. The molecule has 0 bridgehead atoms. The average Bonchev–Trinajstić information content (AvgIpc) is 2.17. The van der Waals surface area contributed by atoms with Crippen LogP contribution in [0.5, 0.6) is 0 Å². The van der Waals surface area contributed by atoms with Gasteiger partial charge in [0.25, 0.3) is 0 Å². The predicted molar refractivity (Wildman–Crippen MR) is 46.9 cm³/mol. The summed E-state index contributed by atoms with van der Waals surface area (Å²) in [5.74, 6) is 1.15. The van der Waals surface area contributed by atoms with Crippen LogP contribution in [0.1, 0.15) is 39.0 Å². The molecule has 0 saturated heterocycles. The molecule has 2 rings (SSSR count). The SMILES string of the molecule is CC1=NC2CCCCCC2N1. The molecular weight excluding hydrogens is 136 g/mol. The molecule has 0 aromatic carbocycles. The fraction of sp³-hybridized carbons (Fsp3) is 0.889. The number of hydrogen-bond donors (Lipinski definition) is 1. The number of aliphatic imine (C=N–C) groups is 1. The fourth-order valence-corrected chi connectivity index (χ4v) is 2.17. The maximum atomic E-state index is 4.58. The molecule has 2 heteroatoms. The van der Waals surface area contributed by atoms with Gasteiger partial charge in [0.1, 0.15) is 0 Å². The van der Waals surface area contributed by atoms with Crippen molar-refractivity contribution in [2.24, 2.45) is 4.99 Å². The van der Waals surface area contributed by atoms with Gasteiger partial charge in [-0.1, -0.05) is 19.3 Å². The van der Waals surface area contributed by atoms with Crippen molar-refractivity contribution >= 4 is 5.84 Å². The lowest BCUT2D eigenvalue weighted by Crippen LogP contribution is -2.32. The summed E-state index contributed by atoms with van der Waals surface area (Å²) in [6.07, 6.45) is 6.79. The van der Waals surface area contributed by atoms with Crippen molar-refractivity contribution in [2.75, 3.05) is 0 Å². The Hall–Kier alpha value is -0.530. The quantitative estimate of drug-likeness (QED) is 0.561. The third kappa shape index (κ3) is 1.39.